The topological polar surface area (TPSA) is 69.6 Å². The third kappa shape index (κ3) is 8.87. The van der Waals surface area contributed by atoms with Gasteiger partial charge in [0.1, 0.15) is 13.2 Å². The summed E-state index contributed by atoms with van der Waals surface area (Å²) in [5, 5.41) is 3.60. The molecule has 3 aromatic rings. The number of hydrogen-bond donors (Lipinski definition) is 1. The number of carbonyl (C=O) groups is 1. The lowest BCUT2D eigenvalue weighted by Crippen LogP contribution is -2.21. The van der Waals surface area contributed by atoms with E-state index in [0.717, 1.165) is 29.4 Å². The molecule has 0 saturated heterocycles. The van der Waals surface area contributed by atoms with Crippen LogP contribution in [-0.4, -0.2) is 23.7 Å². The van der Waals surface area contributed by atoms with E-state index >= 15 is 0 Å². The standard InChI is InChI=1S/C34H40N2O4/c1-24(2)11-10-12-26(5)20-22-40-33-32(39-21-19-25(3)4)29-17-16-28(23-30(29)36(6)34(33)38)35-31(37)18-15-27-13-8-7-9-14-27/h7-9,11,13-20,23H,10,12,21-22H2,1-6H3,(H,35,37). The van der Waals surface area contributed by atoms with Gasteiger partial charge >= 0.3 is 0 Å². The van der Waals surface area contributed by atoms with Crippen molar-refractivity contribution in [2.45, 2.75) is 47.5 Å². The van der Waals surface area contributed by atoms with Crippen molar-refractivity contribution in [3.63, 3.8) is 0 Å². The third-order valence-electron chi connectivity index (χ3n) is 6.27. The number of anilines is 1. The van der Waals surface area contributed by atoms with Crippen LogP contribution in [0.15, 0.2) is 94.3 Å². The molecule has 0 atom stereocenters. The van der Waals surface area contributed by atoms with Gasteiger partial charge in [0.2, 0.25) is 11.7 Å². The van der Waals surface area contributed by atoms with E-state index in [2.05, 4.69) is 32.2 Å². The molecule has 0 bridgehead atoms. The largest absolute Gasteiger partial charge is 0.485 e. The monoisotopic (exact) mass is 540 g/mol. The Kier molecular flexibility index (Phi) is 11.1. The van der Waals surface area contributed by atoms with Crippen LogP contribution in [0.4, 0.5) is 5.69 Å². The zero-order valence-corrected chi connectivity index (χ0v) is 24.4. The molecule has 210 valence electrons. The molecular weight excluding hydrogens is 500 g/mol. The van der Waals surface area contributed by atoms with Gasteiger partial charge in [0.25, 0.3) is 5.56 Å². The Morgan fingerprint density at radius 1 is 0.875 bits per heavy atom. The quantitative estimate of drug-likeness (QED) is 0.190. The van der Waals surface area contributed by atoms with Crippen LogP contribution in [0.1, 0.15) is 53.0 Å². The zero-order valence-electron chi connectivity index (χ0n) is 24.4. The number of benzene rings is 2. The summed E-state index contributed by atoms with van der Waals surface area (Å²) in [7, 11) is 1.69. The molecule has 0 fully saturated rings. The number of carbonyl (C=O) groups excluding carboxylic acids is 1. The number of aryl methyl sites for hydroxylation is 1. The number of aromatic nitrogens is 1. The second kappa shape index (κ2) is 14.7. The molecule has 1 amide bonds. The smallest absolute Gasteiger partial charge is 0.297 e. The van der Waals surface area contributed by atoms with Crippen LogP contribution in [0.3, 0.4) is 0 Å². The van der Waals surface area contributed by atoms with E-state index in [-0.39, 0.29) is 23.8 Å². The Balaban J connectivity index is 1.89. The molecule has 6 heteroatoms. The normalized spacial score (nSPS) is 11.4. The van der Waals surface area contributed by atoms with Gasteiger partial charge in [0, 0.05) is 24.2 Å². The molecule has 1 heterocycles. The molecule has 6 nitrogen and oxygen atoms in total. The maximum Gasteiger partial charge on any atom is 0.297 e. The lowest BCUT2D eigenvalue weighted by Gasteiger charge is -2.17. The highest BCUT2D eigenvalue weighted by Crippen LogP contribution is 2.34. The fraction of sp³-hybridized carbons (Fsp3) is 0.294. The molecule has 40 heavy (non-hydrogen) atoms. The van der Waals surface area contributed by atoms with Crippen LogP contribution in [0.25, 0.3) is 17.0 Å². The first kappa shape index (κ1) is 30.2. The Morgan fingerprint density at radius 2 is 1.55 bits per heavy atom. The van der Waals surface area contributed by atoms with Gasteiger partial charge in [-0.05, 0) is 89.5 Å². The van der Waals surface area contributed by atoms with E-state index in [1.165, 1.54) is 21.8 Å². The maximum atomic E-state index is 13.4. The number of hydrogen-bond acceptors (Lipinski definition) is 4. The van der Waals surface area contributed by atoms with Crippen molar-refractivity contribution in [3.8, 4) is 11.5 Å². The van der Waals surface area contributed by atoms with Gasteiger partial charge in [-0.15, -0.1) is 0 Å². The van der Waals surface area contributed by atoms with Gasteiger partial charge < -0.3 is 19.4 Å². The average molecular weight is 541 g/mol. The van der Waals surface area contributed by atoms with E-state index in [4.69, 9.17) is 9.47 Å². The first-order valence-corrected chi connectivity index (χ1v) is 13.5. The van der Waals surface area contributed by atoms with Crippen LogP contribution >= 0.6 is 0 Å². The number of rotatable bonds is 12. The highest BCUT2D eigenvalue weighted by molar-refractivity contribution is 6.03. The first-order chi connectivity index (χ1) is 19.2. The Labute approximate surface area is 237 Å². The van der Waals surface area contributed by atoms with Crippen molar-refractivity contribution < 1.29 is 14.3 Å². The van der Waals surface area contributed by atoms with Gasteiger partial charge in [-0.25, -0.2) is 0 Å². The summed E-state index contributed by atoms with van der Waals surface area (Å²) < 4.78 is 13.7. The number of amides is 1. The van der Waals surface area contributed by atoms with Crippen LogP contribution in [0.2, 0.25) is 0 Å². The minimum atomic E-state index is -0.303. The summed E-state index contributed by atoms with van der Waals surface area (Å²) in [6, 6.07) is 15.0. The summed E-state index contributed by atoms with van der Waals surface area (Å²) in [6.45, 7) is 10.8. The third-order valence-corrected chi connectivity index (χ3v) is 6.27. The molecule has 2 aromatic carbocycles. The minimum absolute atomic E-state index is 0.174. The highest BCUT2D eigenvalue weighted by atomic mass is 16.5. The molecule has 0 saturated carbocycles. The minimum Gasteiger partial charge on any atom is -0.485 e. The van der Waals surface area contributed by atoms with E-state index in [1.807, 2.05) is 62.4 Å². The number of nitrogens with zero attached hydrogens (tertiary/aromatic N) is 1. The van der Waals surface area contributed by atoms with Gasteiger partial charge in [-0.1, -0.05) is 53.1 Å². The molecule has 0 radical (unpaired) electrons. The van der Waals surface area contributed by atoms with Gasteiger partial charge in [0.05, 0.1) is 5.52 Å². The molecule has 1 aromatic heterocycles. The fourth-order valence-electron chi connectivity index (χ4n) is 4.00. The Hall–Kier alpha value is -4.32. The number of pyridine rings is 1. The number of fused-ring (bicyclic) bond motifs is 1. The molecule has 1 N–H and O–H groups in total. The lowest BCUT2D eigenvalue weighted by molar-refractivity contribution is -0.111. The van der Waals surface area contributed by atoms with Gasteiger partial charge in [0.15, 0.2) is 5.75 Å². The fourth-order valence-corrected chi connectivity index (χ4v) is 4.00. The Morgan fingerprint density at radius 3 is 2.25 bits per heavy atom. The Bertz CT molecular complexity index is 1500. The molecule has 0 spiro atoms. The predicted molar refractivity (Wildman–Crippen MR) is 166 cm³/mol. The molecule has 0 aliphatic heterocycles. The first-order valence-electron chi connectivity index (χ1n) is 13.5. The summed E-state index contributed by atoms with van der Waals surface area (Å²) in [4.78, 5) is 26.0. The number of nitrogens with one attached hydrogen (secondary N) is 1. The van der Waals surface area contributed by atoms with Crippen molar-refractivity contribution >= 4 is 28.6 Å². The second-order valence-electron chi connectivity index (χ2n) is 10.3. The molecule has 0 aliphatic rings. The lowest BCUT2D eigenvalue weighted by atomic mass is 10.1. The summed E-state index contributed by atoms with van der Waals surface area (Å²) in [6.07, 6.45) is 11.3. The van der Waals surface area contributed by atoms with Crippen molar-refractivity contribution in [3.05, 3.63) is 105 Å². The molecule has 3 rings (SSSR count). The maximum absolute atomic E-state index is 13.4. The van der Waals surface area contributed by atoms with Crippen LogP contribution in [0.5, 0.6) is 11.5 Å². The van der Waals surface area contributed by atoms with E-state index in [0.29, 0.717) is 23.6 Å². The van der Waals surface area contributed by atoms with Crippen molar-refractivity contribution in [2.24, 2.45) is 7.05 Å². The SMILES string of the molecule is CC(C)=CCCC(C)=CCOc1c(OCC=C(C)C)c2ccc(NC(=O)C=Cc3ccccc3)cc2n(C)c1=O. The van der Waals surface area contributed by atoms with Gasteiger partial charge in [-0.2, -0.15) is 0 Å². The van der Waals surface area contributed by atoms with Gasteiger partial charge in [-0.3, -0.25) is 9.59 Å². The number of ether oxygens (including phenoxy) is 2. The summed E-state index contributed by atoms with van der Waals surface area (Å²) in [5.74, 6) is 0.307. The zero-order chi connectivity index (χ0) is 29.1. The predicted octanol–water partition coefficient (Wildman–Crippen LogP) is 7.61. The van der Waals surface area contributed by atoms with Crippen LogP contribution in [0, 0.1) is 0 Å². The van der Waals surface area contributed by atoms with E-state index < -0.39 is 0 Å². The highest BCUT2D eigenvalue weighted by Gasteiger charge is 2.19. The molecule has 0 unspecified atom stereocenters. The van der Waals surface area contributed by atoms with Crippen molar-refractivity contribution in [1.82, 2.24) is 4.57 Å². The van der Waals surface area contributed by atoms with Crippen LogP contribution < -0.4 is 20.3 Å². The molecule has 0 aliphatic carbocycles. The number of allylic oxidation sites excluding steroid dienone is 4. The summed E-state index contributed by atoms with van der Waals surface area (Å²) >= 11 is 0. The summed E-state index contributed by atoms with van der Waals surface area (Å²) in [5.41, 5.74) is 5.44. The van der Waals surface area contributed by atoms with E-state index in [9.17, 15) is 9.59 Å². The van der Waals surface area contributed by atoms with Crippen molar-refractivity contribution in [1.29, 1.82) is 0 Å². The molecular formula is C34H40N2O4. The van der Waals surface area contributed by atoms with Crippen molar-refractivity contribution in [2.75, 3.05) is 18.5 Å². The second-order valence-corrected chi connectivity index (χ2v) is 10.3. The average Bonchev–Trinajstić information content (AvgIpc) is 2.92. The van der Waals surface area contributed by atoms with Crippen LogP contribution in [-0.2, 0) is 11.8 Å². The van der Waals surface area contributed by atoms with E-state index in [1.54, 1.807) is 25.3 Å².